The van der Waals surface area contributed by atoms with Crippen LogP contribution in [0.5, 0.6) is 0 Å². The van der Waals surface area contributed by atoms with Crippen LogP contribution < -0.4 is 5.32 Å². The maximum absolute atomic E-state index is 12.9. The van der Waals surface area contributed by atoms with Gasteiger partial charge >= 0.3 is 0 Å². The molecule has 2 rings (SSSR count). The van der Waals surface area contributed by atoms with E-state index in [9.17, 15) is 14.7 Å². The van der Waals surface area contributed by atoms with E-state index in [4.69, 9.17) is 4.74 Å². The third-order valence-corrected chi connectivity index (χ3v) is 7.87. The molecule has 2 fully saturated rings. The number of nitrogens with one attached hydrogen (secondary N) is 1. The van der Waals surface area contributed by atoms with Crippen LogP contribution in [0.4, 0.5) is 0 Å². The molecule has 7 atom stereocenters. The summed E-state index contributed by atoms with van der Waals surface area (Å²) < 4.78 is 5.01. The van der Waals surface area contributed by atoms with E-state index in [2.05, 4.69) is 19.2 Å². The van der Waals surface area contributed by atoms with E-state index in [1.54, 1.807) is 7.11 Å². The summed E-state index contributed by atoms with van der Waals surface area (Å²) in [6.07, 6.45) is 3.71. The second kappa shape index (κ2) is 10.3. The molecule has 0 radical (unpaired) electrons. The lowest BCUT2D eigenvalue weighted by atomic mass is 9.51. The van der Waals surface area contributed by atoms with Crippen LogP contribution in [-0.2, 0) is 14.3 Å². The minimum absolute atomic E-state index is 0.0132. The Morgan fingerprint density at radius 3 is 2.45 bits per heavy atom. The number of hydrogen-bond acceptors (Lipinski definition) is 4. The maximum atomic E-state index is 12.9. The number of carbonyl (C=O) groups excluding carboxylic acids is 2. The molecule has 168 valence electrons. The van der Waals surface area contributed by atoms with Crippen molar-refractivity contribution in [1.82, 2.24) is 10.2 Å². The van der Waals surface area contributed by atoms with Crippen LogP contribution in [-0.4, -0.2) is 60.8 Å². The molecule has 0 bridgehead atoms. The van der Waals surface area contributed by atoms with Crippen molar-refractivity contribution >= 4 is 11.8 Å². The molecule has 0 aromatic heterocycles. The topological polar surface area (TPSA) is 78.9 Å². The van der Waals surface area contributed by atoms with Gasteiger partial charge in [-0.15, -0.1) is 0 Å². The van der Waals surface area contributed by atoms with E-state index < -0.39 is 6.10 Å². The number of aliphatic hydroxyl groups excluding tert-OH is 1. The molecule has 0 spiro atoms. The largest absolute Gasteiger partial charge is 0.392 e. The molecule has 1 unspecified atom stereocenters. The Morgan fingerprint density at radius 2 is 1.86 bits per heavy atom. The first-order chi connectivity index (χ1) is 13.7. The predicted molar refractivity (Wildman–Crippen MR) is 114 cm³/mol. The molecule has 6 nitrogen and oxygen atoms in total. The van der Waals surface area contributed by atoms with Gasteiger partial charge in [0.05, 0.1) is 12.7 Å². The first-order valence-electron chi connectivity index (χ1n) is 11.4. The van der Waals surface area contributed by atoms with Gasteiger partial charge in [-0.25, -0.2) is 0 Å². The van der Waals surface area contributed by atoms with Crippen molar-refractivity contribution < 1.29 is 19.4 Å². The lowest BCUT2D eigenvalue weighted by Gasteiger charge is -2.56. The third-order valence-electron chi connectivity index (χ3n) is 7.87. The molecule has 2 saturated carbocycles. The summed E-state index contributed by atoms with van der Waals surface area (Å²) in [5.74, 6) is 0.225. The Morgan fingerprint density at radius 1 is 1.24 bits per heavy atom. The van der Waals surface area contributed by atoms with Crippen LogP contribution in [0.3, 0.4) is 0 Å². The van der Waals surface area contributed by atoms with Crippen LogP contribution in [0.25, 0.3) is 0 Å². The normalized spacial score (nSPS) is 35.5. The average molecular weight is 411 g/mol. The van der Waals surface area contributed by atoms with Gasteiger partial charge in [0.25, 0.3) is 0 Å². The van der Waals surface area contributed by atoms with Gasteiger partial charge in [-0.3, -0.25) is 9.59 Å². The number of fused-ring (bicyclic) bond motifs is 1. The van der Waals surface area contributed by atoms with Gasteiger partial charge in [0.2, 0.25) is 11.8 Å². The zero-order chi connectivity index (χ0) is 21.8. The molecule has 2 amide bonds. The van der Waals surface area contributed by atoms with E-state index in [0.717, 1.165) is 25.7 Å². The molecule has 0 aliphatic heterocycles. The number of ether oxygens (including phenoxy) is 1. The van der Waals surface area contributed by atoms with Gasteiger partial charge in [0.15, 0.2) is 0 Å². The van der Waals surface area contributed by atoms with Crippen LogP contribution in [0, 0.1) is 29.1 Å². The maximum Gasteiger partial charge on any atom is 0.225 e. The van der Waals surface area contributed by atoms with Crippen molar-refractivity contribution in [2.75, 3.05) is 26.8 Å². The highest BCUT2D eigenvalue weighted by atomic mass is 16.5. The smallest absolute Gasteiger partial charge is 0.225 e. The van der Waals surface area contributed by atoms with Gasteiger partial charge < -0.3 is 20.1 Å². The second-order valence-corrected chi connectivity index (χ2v) is 9.49. The summed E-state index contributed by atoms with van der Waals surface area (Å²) in [5, 5.41) is 14.6. The number of amides is 2. The van der Waals surface area contributed by atoms with Crippen LogP contribution >= 0.6 is 0 Å². The lowest BCUT2D eigenvalue weighted by molar-refractivity contribution is -0.150. The molecular formula is C23H42N2O4. The number of rotatable bonds is 8. The van der Waals surface area contributed by atoms with Crippen LogP contribution in [0.15, 0.2) is 0 Å². The highest BCUT2D eigenvalue weighted by Crippen LogP contribution is 2.55. The molecular weight excluding hydrogens is 368 g/mol. The fraction of sp³-hybridized carbons (Fsp3) is 0.913. The molecule has 2 aliphatic carbocycles. The Kier molecular flexibility index (Phi) is 8.53. The second-order valence-electron chi connectivity index (χ2n) is 9.49. The monoisotopic (exact) mass is 410 g/mol. The molecule has 0 aromatic rings. The summed E-state index contributed by atoms with van der Waals surface area (Å²) in [7, 11) is 1.60. The molecule has 2 N–H and O–H groups in total. The first kappa shape index (κ1) is 24.1. The van der Waals surface area contributed by atoms with Gasteiger partial charge in [-0.2, -0.15) is 0 Å². The molecule has 2 aliphatic rings. The average Bonchev–Trinajstić information content (AvgIpc) is 2.69. The summed E-state index contributed by atoms with van der Waals surface area (Å²) in [4.78, 5) is 27.0. The highest BCUT2D eigenvalue weighted by Gasteiger charge is 2.54. The number of methoxy groups -OCH3 is 1. The van der Waals surface area contributed by atoms with Crippen molar-refractivity contribution in [3.63, 3.8) is 0 Å². The highest BCUT2D eigenvalue weighted by molar-refractivity contribution is 5.79. The number of nitrogens with zero attached hydrogens (tertiary/aromatic N) is 1. The predicted octanol–water partition coefficient (Wildman–Crippen LogP) is 2.84. The van der Waals surface area contributed by atoms with Crippen molar-refractivity contribution in [2.24, 2.45) is 29.1 Å². The van der Waals surface area contributed by atoms with Gasteiger partial charge in [0.1, 0.15) is 0 Å². The van der Waals surface area contributed by atoms with Crippen LogP contribution in [0.1, 0.15) is 66.7 Å². The fourth-order valence-corrected chi connectivity index (χ4v) is 5.98. The molecule has 0 heterocycles. The Balaban J connectivity index is 2.13. The molecule has 29 heavy (non-hydrogen) atoms. The van der Waals surface area contributed by atoms with Crippen LogP contribution in [0.2, 0.25) is 0 Å². The summed E-state index contributed by atoms with van der Waals surface area (Å²) >= 11 is 0. The number of carbonyl (C=O) groups is 2. The molecule has 6 heteroatoms. The quantitative estimate of drug-likeness (QED) is 0.645. The standard InChI is InChI=1S/C23H42N2O4/c1-7-25(8-2)22(28)15(3)17-9-12-23(5)13-10-18(16(4)20(23)21(17)27)24-19(26)11-14-29-6/h15-18,20-21,27H,7-14H2,1-6H3,(H,24,26)/t15-,16+,17?,18-,20+,21-,23-/m0/s1. The number of hydrogen-bond donors (Lipinski definition) is 2. The lowest BCUT2D eigenvalue weighted by Crippen LogP contribution is -2.58. The molecule has 0 saturated heterocycles. The van der Waals surface area contributed by atoms with E-state index >= 15 is 0 Å². The summed E-state index contributed by atoms with van der Waals surface area (Å²) in [6.45, 7) is 12.3. The Hall–Kier alpha value is -1.14. The Bertz CT molecular complexity index is 565. The zero-order valence-corrected chi connectivity index (χ0v) is 19.2. The number of aliphatic hydroxyl groups is 1. The van der Waals surface area contributed by atoms with E-state index in [-0.39, 0.29) is 46.9 Å². The molecule has 0 aromatic carbocycles. The fourth-order valence-electron chi connectivity index (χ4n) is 5.98. The Labute approximate surface area is 176 Å². The van der Waals surface area contributed by atoms with Gasteiger partial charge in [0, 0.05) is 38.6 Å². The van der Waals surface area contributed by atoms with Crippen molar-refractivity contribution in [3.05, 3.63) is 0 Å². The third kappa shape index (κ3) is 5.13. The van der Waals surface area contributed by atoms with Gasteiger partial charge in [-0.05, 0) is 62.7 Å². The summed E-state index contributed by atoms with van der Waals surface area (Å²) in [6, 6.07) is 0.0691. The SMILES string of the molecule is CCN(CC)C(=O)[C@@H](C)C1CC[C@@]2(C)CC[C@H](NC(=O)CCOC)[C@@H](C)[C@@H]2[C@H]1O. The van der Waals surface area contributed by atoms with Gasteiger partial charge in [-0.1, -0.05) is 20.8 Å². The van der Waals surface area contributed by atoms with Crippen molar-refractivity contribution in [2.45, 2.75) is 78.9 Å². The first-order valence-corrected chi connectivity index (χ1v) is 11.4. The van der Waals surface area contributed by atoms with Crippen molar-refractivity contribution in [3.8, 4) is 0 Å². The zero-order valence-electron chi connectivity index (χ0n) is 19.2. The minimum atomic E-state index is -0.517. The summed E-state index contributed by atoms with van der Waals surface area (Å²) in [5.41, 5.74) is 0.0705. The van der Waals surface area contributed by atoms with E-state index in [1.165, 1.54) is 0 Å². The van der Waals surface area contributed by atoms with E-state index in [0.29, 0.717) is 26.1 Å². The van der Waals surface area contributed by atoms with Crippen molar-refractivity contribution in [1.29, 1.82) is 0 Å². The van der Waals surface area contributed by atoms with E-state index in [1.807, 2.05) is 25.7 Å². The minimum Gasteiger partial charge on any atom is -0.392 e.